The van der Waals surface area contributed by atoms with Crippen LogP contribution in [0.4, 0.5) is 4.39 Å². The van der Waals surface area contributed by atoms with E-state index in [1.165, 1.54) is 33.9 Å². The van der Waals surface area contributed by atoms with E-state index in [0.717, 1.165) is 35.5 Å². The number of hydrogen-bond acceptors (Lipinski definition) is 1. The Morgan fingerprint density at radius 2 is 0.550 bits per heavy atom. The topological polar surface area (TPSA) is 9.23 Å². The van der Waals surface area contributed by atoms with Gasteiger partial charge in [-0.3, -0.25) is 0 Å². The molecule has 0 spiro atoms. The Bertz CT molecular complexity index is 2140. The van der Waals surface area contributed by atoms with Gasteiger partial charge in [0.05, 0.1) is 0 Å². The number of para-hydroxylation sites is 2. The molecule has 0 saturated heterocycles. The zero-order valence-electron chi connectivity index (χ0n) is 34.3. The lowest BCUT2D eigenvalue weighted by atomic mass is 10.0. The van der Waals surface area contributed by atoms with Crippen LogP contribution < -0.4 is 4.74 Å². The van der Waals surface area contributed by atoms with E-state index in [4.69, 9.17) is 4.74 Å². The molecule has 9 aromatic carbocycles. The van der Waals surface area contributed by atoms with Crippen LogP contribution in [0.2, 0.25) is 0 Å². The van der Waals surface area contributed by atoms with Crippen LogP contribution in [0, 0.1) is 12.7 Å². The van der Waals surface area contributed by atoms with Crippen LogP contribution in [0.25, 0.3) is 0 Å². The van der Waals surface area contributed by atoms with Gasteiger partial charge < -0.3 is 4.74 Å². The van der Waals surface area contributed by atoms with Crippen molar-refractivity contribution in [2.24, 2.45) is 0 Å². The summed E-state index contributed by atoms with van der Waals surface area (Å²) in [6, 6.07) is 88.5. The number of aryl methyl sites for hydroxylation is 1. The Kier molecular flexibility index (Phi) is 19.4. The van der Waals surface area contributed by atoms with Crippen molar-refractivity contribution in [3.63, 3.8) is 0 Å². The van der Waals surface area contributed by atoms with Gasteiger partial charge in [-0.1, -0.05) is 237 Å². The molecule has 0 radical (unpaired) electrons. The molecule has 1 nitrogen and oxygen atoms in total. The fourth-order valence-electron chi connectivity index (χ4n) is 6.01. The Labute approximate surface area is 357 Å². The smallest absolute Gasteiger partial charge is 0.127 e. The molecule has 0 saturated carbocycles. The Morgan fingerprint density at radius 1 is 0.283 bits per heavy atom. The highest BCUT2D eigenvalue weighted by atomic mass is 19.1. The van der Waals surface area contributed by atoms with E-state index in [1.807, 2.05) is 140 Å². The second-order valence-corrected chi connectivity index (χ2v) is 13.9. The Balaban J connectivity index is 0.000000145. The van der Waals surface area contributed by atoms with Crippen molar-refractivity contribution in [3.05, 3.63) is 312 Å². The third-order valence-electron chi connectivity index (χ3n) is 9.18. The second-order valence-electron chi connectivity index (χ2n) is 13.9. The van der Waals surface area contributed by atoms with Crippen molar-refractivity contribution in [1.82, 2.24) is 0 Å². The average molecular weight is 785 g/mol. The minimum absolute atomic E-state index is 0.128. The molecule has 0 amide bonds. The molecule has 0 bridgehead atoms. The lowest BCUT2D eigenvalue weighted by molar-refractivity contribution is 0.482. The van der Waals surface area contributed by atoms with Crippen LogP contribution in [0.3, 0.4) is 0 Å². The van der Waals surface area contributed by atoms with Crippen molar-refractivity contribution >= 4 is 0 Å². The molecule has 0 heterocycles. The van der Waals surface area contributed by atoms with Crippen LogP contribution in [-0.4, -0.2) is 0 Å². The summed E-state index contributed by atoms with van der Waals surface area (Å²) in [5.41, 5.74) is 8.79. The maximum absolute atomic E-state index is 13.3. The molecule has 60 heavy (non-hydrogen) atoms. The van der Waals surface area contributed by atoms with Gasteiger partial charge in [-0.15, -0.1) is 0 Å². The molecule has 0 N–H and O–H groups in total. The number of rotatable bonds is 8. The minimum Gasteiger partial charge on any atom is -0.457 e. The molecule has 9 aromatic rings. The van der Waals surface area contributed by atoms with Gasteiger partial charge in [0, 0.05) is 6.42 Å². The summed E-state index contributed by atoms with van der Waals surface area (Å²) < 4.78 is 18.9. The van der Waals surface area contributed by atoms with Crippen LogP contribution in [0.15, 0.2) is 267 Å². The first kappa shape index (κ1) is 43.8. The summed E-state index contributed by atoms with van der Waals surface area (Å²) in [6.45, 7) is 2.16. The molecule has 0 unspecified atom stereocenters. The van der Waals surface area contributed by atoms with Gasteiger partial charge in [0.25, 0.3) is 0 Å². The number of ether oxygens (including phenoxy) is 1. The standard InChI is InChI=1S/C14H14.C13H11F.C13H12.C12H10O.C6H6/c1-12-7-5-6-10-14(12)11-13-8-3-2-4-9-13;14-13-9-5-4-8-12(13)10-11-6-2-1-3-7-11;1-3-7-12(8-4-1)11-13-9-5-2-6-10-13;1-3-7-11(8-4-1)13-12-9-5-2-6-10-12;1-2-4-6-5-3-1/h2-10H,11H2,1H3;1-9H,10H2;1-10H,11H2;1-10H;1-6H. The third-order valence-corrected chi connectivity index (χ3v) is 9.18. The summed E-state index contributed by atoms with van der Waals surface area (Å²) in [7, 11) is 0. The molecule has 0 aromatic heterocycles. The lowest BCUT2D eigenvalue weighted by Gasteiger charge is -2.04. The van der Waals surface area contributed by atoms with E-state index in [1.54, 1.807) is 6.07 Å². The highest BCUT2D eigenvalue weighted by Crippen LogP contribution is 2.20. The molecule has 0 fully saturated rings. The largest absolute Gasteiger partial charge is 0.457 e. The summed E-state index contributed by atoms with van der Waals surface area (Å²) in [6.07, 6.45) is 2.72. The fourth-order valence-corrected chi connectivity index (χ4v) is 6.01. The first-order valence-electron chi connectivity index (χ1n) is 20.3. The molecule has 0 aliphatic carbocycles. The van der Waals surface area contributed by atoms with Gasteiger partial charge in [0.15, 0.2) is 0 Å². The molecular weight excluding hydrogens is 732 g/mol. The summed E-state index contributed by atoms with van der Waals surface area (Å²) in [4.78, 5) is 0. The predicted octanol–water partition coefficient (Wildman–Crippen LogP) is 15.4. The first-order chi connectivity index (χ1) is 29.6. The average Bonchev–Trinajstić information content (AvgIpc) is 3.32. The van der Waals surface area contributed by atoms with Crippen LogP contribution >= 0.6 is 0 Å². The Hall–Kier alpha value is -7.29. The lowest BCUT2D eigenvalue weighted by Crippen LogP contribution is -1.91. The maximum atomic E-state index is 13.3. The summed E-state index contributed by atoms with van der Waals surface area (Å²) in [5, 5.41) is 0. The fraction of sp³-hybridized carbons (Fsp3) is 0.0690. The van der Waals surface area contributed by atoms with Crippen LogP contribution in [0.5, 0.6) is 11.5 Å². The van der Waals surface area contributed by atoms with Gasteiger partial charge in [-0.2, -0.15) is 0 Å². The normalized spacial score (nSPS) is 9.70. The number of halogens is 1. The summed E-state index contributed by atoms with van der Waals surface area (Å²) in [5.74, 6) is 1.61. The van der Waals surface area contributed by atoms with Gasteiger partial charge in [-0.25, -0.2) is 4.39 Å². The third kappa shape index (κ3) is 17.5. The van der Waals surface area contributed by atoms with Crippen LogP contribution in [0.1, 0.15) is 38.9 Å². The second kappa shape index (κ2) is 26.6. The van der Waals surface area contributed by atoms with E-state index in [0.29, 0.717) is 6.42 Å². The highest BCUT2D eigenvalue weighted by molar-refractivity contribution is 5.33. The number of hydrogen-bond donors (Lipinski definition) is 0. The maximum Gasteiger partial charge on any atom is 0.127 e. The van der Waals surface area contributed by atoms with E-state index in [9.17, 15) is 4.39 Å². The van der Waals surface area contributed by atoms with Crippen molar-refractivity contribution in [1.29, 1.82) is 0 Å². The number of benzene rings is 9. The molecule has 0 aliphatic heterocycles. The minimum atomic E-state index is -0.128. The van der Waals surface area contributed by atoms with E-state index in [-0.39, 0.29) is 5.82 Å². The SMILES string of the molecule is Cc1ccccc1Cc1ccccc1.Fc1ccccc1Cc1ccccc1.c1ccc(Cc2ccccc2)cc1.c1ccc(Oc2ccccc2)cc1.c1ccccc1. The van der Waals surface area contributed by atoms with Gasteiger partial charge in [0.2, 0.25) is 0 Å². The molecule has 298 valence electrons. The van der Waals surface area contributed by atoms with E-state index >= 15 is 0 Å². The van der Waals surface area contributed by atoms with Crippen molar-refractivity contribution in [3.8, 4) is 11.5 Å². The summed E-state index contributed by atoms with van der Waals surface area (Å²) >= 11 is 0. The van der Waals surface area contributed by atoms with Gasteiger partial charge >= 0.3 is 0 Å². The zero-order chi connectivity index (χ0) is 41.7. The molecule has 2 heteroatoms. The quantitative estimate of drug-likeness (QED) is 0.149. The first-order valence-corrected chi connectivity index (χ1v) is 20.3. The van der Waals surface area contributed by atoms with Crippen molar-refractivity contribution in [2.45, 2.75) is 26.2 Å². The van der Waals surface area contributed by atoms with Crippen molar-refractivity contribution in [2.75, 3.05) is 0 Å². The molecule has 0 atom stereocenters. The molecule has 0 aliphatic rings. The molecular formula is C58H53FO. The van der Waals surface area contributed by atoms with E-state index < -0.39 is 0 Å². The van der Waals surface area contributed by atoms with Gasteiger partial charge in [-0.05, 0) is 89.0 Å². The van der Waals surface area contributed by atoms with Crippen LogP contribution in [-0.2, 0) is 19.3 Å². The highest BCUT2D eigenvalue weighted by Gasteiger charge is 2.01. The zero-order valence-corrected chi connectivity index (χ0v) is 34.3. The molecule has 9 rings (SSSR count). The van der Waals surface area contributed by atoms with E-state index in [2.05, 4.69) is 122 Å². The predicted molar refractivity (Wildman–Crippen MR) is 251 cm³/mol. The van der Waals surface area contributed by atoms with Gasteiger partial charge in [0.1, 0.15) is 17.3 Å². The monoisotopic (exact) mass is 784 g/mol. The van der Waals surface area contributed by atoms with Crippen molar-refractivity contribution < 1.29 is 9.13 Å². The Morgan fingerprint density at radius 3 is 0.917 bits per heavy atom.